The Balaban J connectivity index is 1.35. The number of rotatable bonds is 5. The lowest BCUT2D eigenvalue weighted by molar-refractivity contribution is 0.0954. The Morgan fingerprint density at radius 2 is 1.83 bits per heavy atom. The van der Waals surface area contributed by atoms with Crippen LogP contribution in [-0.4, -0.2) is 21.8 Å². The van der Waals surface area contributed by atoms with Crippen LogP contribution in [0.1, 0.15) is 21.5 Å². The molecule has 5 heteroatoms. The highest BCUT2D eigenvalue weighted by atomic mass is 32.1. The van der Waals surface area contributed by atoms with Gasteiger partial charge in [-0.3, -0.25) is 9.20 Å². The number of aryl methyl sites for hydroxylation is 1. The molecule has 5 rings (SSSR count). The zero-order chi connectivity index (χ0) is 20.5. The third kappa shape index (κ3) is 3.60. The topological polar surface area (TPSA) is 46.4 Å². The second-order valence-electron chi connectivity index (χ2n) is 7.42. The molecular weight excluding hydrogens is 390 g/mol. The number of fused-ring (bicyclic) bond motifs is 3. The van der Waals surface area contributed by atoms with Crippen molar-refractivity contribution < 1.29 is 4.79 Å². The van der Waals surface area contributed by atoms with Crippen molar-refractivity contribution >= 4 is 32.4 Å². The molecule has 4 nitrogen and oxygen atoms in total. The number of amides is 1. The Morgan fingerprint density at radius 3 is 2.63 bits per heavy atom. The van der Waals surface area contributed by atoms with Crippen LogP contribution in [0.5, 0.6) is 0 Å². The van der Waals surface area contributed by atoms with Gasteiger partial charge in [-0.05, 0) is 37.1 Å². The fourth-order valence-electron chi connectivity index (χ4n) is 3.57. The number of imidazole rings is 1. The predicted molar refractivity (Wildman–Crippen MR) is 123 cm³/mol. The van der Waals surface area contributed by atoms with E-state index in [-0.39, 0.29) is 5.91 Å². The van der Waals surface area contributed by atoms with Gasteiger partial charge >= 0.3 is 0 Å². The van der Waals surface area contributed by atoms with Gasteiger partial charge in [0.1, 0.15) is 0 Å². The summed E-state index contributed by atoms with van der Waals surface area (Å²) in [5, 5.41) is 3.02. The van der Waals surface area contributed by atoms with E-state index in [4.69, 9.17) is 4.98 Å². The van der Waals surface area contributed by atoms with Crippen LogP contribution in [0.4, 0.5) is 0 Å². The van der Waals surface area contributed by atoms with E-state index in [2.05, 4.69) is 59.2 Å². The lowest BCUT2D eigenvalue weighted by atomic mass is 10.1. The largest absolute Gasteiger partial charge is 0.352 e. The van der Waals surface area contributed by atoms with Crippen LogP contribution in [0.15, 0.2) is 79.0 Å². The van der Waals surface area contributed by atoms with Crippen molar-refractivity contribution in [1.29, 1.82) is 0 Å². The molecule has 0 bridgehead atoms. The highest BCUT2D eigenvalue weighted by molar-refractivity contribution is 7.23. The minimum atomic E-state index is -0.0424. The van der Waals surface area contributed by atoms with Gasteiger partial charge in [0.25, 0.3) is 5.91 Å². The molecular formula is C25H21N3OS. The molecule has 0 radical (unpaired) electrons. The molecule has 3 aromatic carbocycles. The third-order valence-electron chi connectivity index (χ3n) is 5.25. The summed E-state index contributed by atoms with van der Waals surface area (Å²) in [7, 11) is 0. The summed E-state index contributed by atoms with van der Waals surface area (Å²) in [6, 6.07) is 24.4. The summed E-state index contributed by atoms with van der Waals surface area (Å²) < 4.78 is 3.16. The highest BCUT2D eigenvalue weighted by Crippen LogP contribution is 2.30. The molecule has 2 aromatic heterocycles. The van der Waals surface area contributed by atoms with Crippen LogP contribution in [0.2, 0.25) is 0 Å². The number of nitrogens with one attached hydrogen (secondary N) is 1. The first-order valence-electron chi connectivity index (χ1n) is 9.98. The fourth-order valence-corrected chi connectivity index (χ4v) is 4.62. The van der Waals surface area contributed by atoms with Crippen LogP contribution in [-0.2, 0) is 6.42 Å². The maximum absolute atomic E-state index is 12.6. The van der Waals surface area contributed by atoms with Crippen molar-refractivity contribution in [3.8, 4) is 11.3 Å². The van der Waals surface area contributed by atoms with Crippen molar-refractivity contribution in [2.24, 2.45) is 0 Å². The van der Waals surface area contributed by atoms with Crippen molar-refractivity contribution in [2.45, 2.75) is 13.3 Å². The van der Waals surface area contributed by atoms with E-state index >= 15 is 0 Å². The maximum atomic E-state index is 12.6. The monoisotopic (exact) mass is 411 g/mol. The second-order valence-corrected chi connectivity index (χ2v) is 8.43. The molecule has 5 aromatic rings. The molecule has 0 saturated carbocycles. The van der Waals surface area contributed by atoms with E-state index in [0.717, 1.165) is 32.9 Å². The van der Waals surface area contributed by atoms with E-state index in [0.29, 0.717) is 12.1 Å². The maximum Gasteiger partial charge on any atom is 0.251 e. The van der Waals surface area contributed by atoms with E-state index in [9.17, 15) is 4.79 Å². The molecule has 1 amide bonds. The molecule has 0 unspecified atom stereocenters. The number of carbonyl (C=O) groups excluding carboxylic acids is 1. The minimum Gasteiger partial charge on any atom is -0.352 e. The molecule has 0 aliphatic heterocycles. The van der Waals surface area contributed by atoms with Gasteiger partial charge < -0.3 is 5.32 Å². The first-order chi connectivity index (χ1) is 14.7. The van der Waals surface area contributed by atoms with Gasteiger partial charge in [-0.1, -0.05) is 71.5 Å². The lowest BCUT2D eigenvalue weighted by Gasteiger charge is -2.05. The van der Waals surface area contributed by atoms with Gasteiger partial charge in [-0.15, -0.1) is 0 Å². The average molecular weight is 412 g/mol. The molecule has 30 heavy (non-hydrogen) atoms. The Bertz CT molecular complexity index is 1330. The Hall–Kier alpha value is -3.44. The number of nitrogens with zero attached hydrogens (tertiary/aromatic N) is 2. The van der Waals surface area contributed by atoms with Gasteiger partial charge in [0.2, 0.25) is 0 Å². The third-order valence-corrected chi connectivity index (χ3v) is 6.26. The van der Waals surface area contributed by atoms with Gasteiger partial charge in [-0.2, -0.15) is 0 Å². The standard InChI is InChI=1S/C25H21N3OS/c1-17-7-9-19(10-8-17)21-16-28-22-12-11-20(15-23(22)30-25(28)27-21)24(29)26-14-13-18-5-3-2-4-6-18/h2-12,15-16H,13-14H2,1H3,(H,26,29). The molecule has 0 aliphatic rings. The van der Waals surface area contributed by atoms with Crippen molar-refractivity contribution in [3.63, 3.8) is 0 Å². The Labute approximate surface area is 178 Å². The SMILES string of the molecule is Cc1ccc(-c2cn3c(n2)sc2cc(C(=O)NCCc4ccccc4)ccc23)cc1. The summed E-state index contributed by atoms with van der Waals surface area (Å²) in [4.78, 5) is 18.3. The van der Waals surface area contributed by atoms with E-state index < -0.39 is 0 Å². The van der Waals surface area contributed by atoms with Crippen molar-refractivity contribution in [2.75, 3.05) is 6.54 Å². The number of hydrogen-bond donors (Lipinski definition) is 1. The van der Waals surface area contributed by atoms with E-state index in [1.54, 1.807) is 11.3 Å². The van der Waals surface area contributed by atoms with Crippen molar-refractivity contribution in [1.82, 2.24) is 14.7 Å². The molecule has 0 atom stereocenters. The molecule has 0 spiro atoms. The second kappa shape index (κ2) is 7.76. The minimum absolute atomic E-state index is 0.0424. The average Bonchev–Trinajstić information content (AvgIpc) is 3.32. The van der Waals surface area contributed by atoms with Gasteiger partial charge in [0.15, 0.2) is 4.96 Å². The molecule has 0 fully saturated rings. The number of aromatic nitrogens is 2. The zero-order valence-corrected chi connectivity index (χ0v) is 17.4. The van der Waals surface area contributed by atoms with Gasteiger partial charge in [0.05, 0.1) is 15.9 Å². The normalized spacial score (nSPS) is 11.2. The molecule has 0 aliphatic carbocycles. The van der Waals surface area contributed by atoms with E-state index in [1.165, 1.54) is 11.1 Å². The first kappa shape index (κ1) is 18.6. The smallest absolute Gasteiger partial charge is 0.251 e. The van der Waals surface area contributed by atoms with Gasteiger partial charge in [0, 0.05) is 23.9 Å². The predicted octanol–water partition coefficient (Wildman–Crippen LogP) is 5.50. The quantitative estimate of drug-likeness (QED) is 0.415. The van der Waals surface area contributed by atoms with Crippen molar-refractivity contribution in [3.05, 3.63) is 95.7 Å². The summed E-state index contributed by atoms with van der Waals surface area (Å²) in [5.74, 6) is -0.0424. The summed E-state index contributed by atoms with van der Waals surface area (Å²) >= 11 is 1.60. The van der Waals surface area contributed by atoms with Crippen LogP contribution in [0, 0.1) is 6.92 Å². The summed E-state index contributed by atoms with van der Waals surface area (Å²) in [6.07, 6.45) is 2.89. The molecule has 1 N–H and O–H groups in total. The Kier molecular flexibility index (Phi) is 4.81. The van der Waals surface area contributed by atoms with Crippen LogP contribution in [0.25, 0.3) is 26.4 Å². The zero-order valence-electron chi connectivity index (χ0n) is 16.6. The summed E-state index contributed by atoms with van der Waals surface area (Å²) in [5.41, 5.74) is 6.28. The van der Waals surface area contributed by atoms with Crippen LogP contribution >= 0.6 is 11.3 Å². The number of benzene rings is 3. The first-order valence-corrected chi connectivity index (χ1v) is 10.8. The Morgan fingerprint density at radius 1 is 1.03 bits per heavy atom. The number of carbonyl (C=O) groups is 1. The summed E-state index contributed by atoms with van der Waals surface area (Å²) in [6.45, 7) is 2.70. The fraction of sp³-hybridized carbons (Fsp3) is 0.120. The molecule has 0 saturated heterocycles. The van der Waals surface area contributed by atoms with Crippen LogP contribution < -0.4 is 5.32 Å². The highest BCUT2D eigenvalue weighted by Gasteiger charge is 2.13. The van der Waals surface area contributed by atoms with Crippen LogP contribution in [0.3, 0.4) is 0 Å². The van der Waals surface area contributed by atoms with E-state index in [1.807, 2.05) is 36.4 Å². The number of thiazole rings is 1. The molecule has 148 valence electrons. The van der Waals surface area contributed by atoms with Gasteiger partial charge in [-0.25, -0.2) is 4.98 Å². The lowest BCUT2D eigenvalue weighted by Crippen LogP contribution is -2.25. The molecule has 2 heterocycles. The number of hydrogen-bond acceptors (Lipinski definition) is 3.